The molecular weight excluding hydrogens is 534 g/mol. The smallest absolute Gasteiger partial charge is 0.243 e. The van der Waals surface area contributed by atoms with Crippen molar-refractivity contribution in [3.05, 3.63) is 77.3 Å². The highest BCUT2D eigenvalue weighted by molar-refractivity contribution is 7.89. The van der Waals surface area contributed by atoms with E-state index in [1.54, 1.807) is 30.3 Å². The Bertz CT molecular complexity index is 1420. The lowest BCUT2D eigenvalue weighted by Crippen LogP contribution is -2.53. The molecule has 0 aromatic heterocycles. The van der Waals surface area contributed by atoms with Crippen LogP contribution in [0, 0.1) is 0 Å². The van der Waals surface area contributed by atoms with Crippen molar-refractivity contribution in [2.75, 3.05) is 13.6 Å². The van der Waals surface area contributed by atoms with Crippen LogP contribution < -0.4 is 5.32 Å². The molecule has 0 saturated heterocycles. The van der Waals surface area contributed by atoms with E-state index < -0.39 is 28.5 Å². The molecule has 0 heterocycles. The highest BCUT2D eigenvalue weighted by Gasteiger charge is 2.33. The van der Waals surface area contributed by atoms with Crippen molar-refractivity contribution < 1.29 is 18.0 Å². The lowest BCUT2D eigenvalue weighted by Gasteiger charge is -2.33. The third kappa shape index (κ3) is 6.99. The Kier molecular flexibility index (Phi) is 9.64. The predicted octanol–water partition coefficient (Wildman–Crippen LogP) is 5.37. The molecule has 3 aromatic rings. The zero-order valence-corrected chi connectivity index (χ0v) is 24.0. The molecule has 0 bridgehead atoms. The van der Waals surface area contributed by atoms with Gasteiger partial charge in [-0.25, -0.2) is 8.42 Å². The van der Waals surface area contributed by atoms with E-state index in [2.05, 4.69) is 5.32 Å². The van der Waals surface area contributed by atoms with Gasteiger partial charge in [-0.15, -0.1) is 0 Å². The molecule has 39 heavy (non-hydrogen) atoms. The maximum Gasteiger partial charge on any atom is 0.243 e. The Morgan fingerprint density at radius 1 is 0.974 bits per heavy atom. The summed E-state index contributed by atoms with van der Waals surface area (Å²) in [5, 5.41) is 5.34. The molecule has 4 rings (SSSR count). The van der Waals surface area contributed by atoms with E-state index >= 15 is 0 Å². The fraction of sp³-hybridized carbons (Fsp3) is 0.400. The molecule has 1 fully saturated rings. The van der Waals surface area contributed by atoms with E-state index in [9.17, 15) is 18.0 Å². The zero-order chi connectivity index (χ0) is 28.0. The summed E-state index contributed by atoms with van der Waals surface area (Å²) in [4.78, 5) is 28.7. The second-order valence-corrected chi connectivity index (χ2v) is 12.6. The molecule has 1 saturated carbocycles. The van der Waals surface area contributed by atoms with Crippen molar-refractivity contribution >= 4 is 44.2 Å². The maximum absolute atomic E-state index is 13.8. The van der Waals surface area contributed by atoms with E-state index in [1.807, 2.05) is 43.3 Å². The van der Waals surface area contributed by atoms with Crippen molar-refractivity contribution in [2.45, 2.75) is 69.0 Å². The van der Waals surface area contributed by atoms with Crippen LogP contribution in [0.15, 0.2) is 71.6 Å². The number of benzene rings is 3. The number of rotatable bonds is 10. The van der Waals surface area contributed by atoms with Gasteiger partial charge in [-0.05, 0) is 53.8 Å². The van der Waals surface area contributed by atoms with Gasteiger partial charge in [0.25, 0.3) is 0 Å². The molecule has 1 N–H and O–H groups in total. The van der Waals surface area contributed by atoms with Gasteiger partial charge in [0.15, 0.2) is 0 Å². The number of hydrogen-bond donors (Lipinski definition) is 1. The number of halogens is 1. The zero-order valence-electron chi connectivity index (χ0n) is 22.5. The number of likely N-dealkylation sites (N-methyl/N-ethyl adjacent to an activating group) is 1. The van der Waals surface area contributed by atoms with Gasteiger partial charge in [0.05, 0.1) is 11.4 Å². The second-order valence-electron chi connectivity index (χ2n) is 10.2. The minimum absolute atomic E-state index is 0.0912. The van der Waals surface area contributed by atoms with E-state index in [-0.39, 0.29) is 23.4 Å². The fourth-order valence-electron chi connectivity index (χ4n) is 5.15. The number of sulfonamides is 1. The van der Waals surface area contributed by atoms with E-state index in [1.165, 1.54) is 18.4 Å². The number of carbonyl (C=O) groups excluding carboxylic acids is 2. The molecule has 1 aliphatic rings. The first-order valence-corrected chi connectivity index (χ1v) is 15.3. The van der Waals surface area contributed by atoms with Crippen molar-refractivity contribution in [3.63, 3.8) is 0 Å². The standard InChI is InChI=1S/C30H36ClN3O4S/c1-3-28(30(36)32-25-14-5-4-6-15-25)34(20-24-13-9-10-16-27(24)31)29(35)21-33(2)39(37,38)26-18-17-22-11-7-8-12-23(22)19-26/h7-13,16-19,25,28H,3-6,14-15,20-21H2,1-2H3,(H,32,36)/t28-/m0/s1. The quantitative estimate of drug-likeness (QED) is 0.356. The van der Waals surface area contributed by atoms with E-state index in [0.717, 1.165) is 40.8 Å². The molecule has 208 valence electrons. The van der Waals surface area contributed by atoms with Gasteiger partial charge in [-0.3, -0.25) is 9.59 Å². The summed E-state index contributed by atoms with van der Waals surface area (Å²) in [6.07, 6.45) is 5.54. The molecule has 1 aliphatic carbocycles. The predicted molar refractivity (Wildman–Crippen MR) is 155 cm³/mol. The first kappa shape index (κ1) is 29.1. The largest absolute Gasteiger partial charge is 0.352 e. The van der Waals surface area contributed by atoms with Crippen LogP contribution in [0.2, 0.25) is 5.02 Å². The number of hydrogen-bond acceptors (Lipinski definition) is 4. The monoisotopic (exact) mass is 569 g/mol. The van der Waals surface area contributed by atoms with Crippen molar-refractivity contribution in [3.8, 4) is 0 Å². The lowest BCUT2D eigenvalue weighted by atomic mass is 9.95. The van der Waals surface area contributed by atoms with Crippen molar-refractivity contribution in [1.29, 1.82) is 0 Å². The van der Waals surface area contributed by atoms with Gasteiger partial charge in [-0.1, -0.05) is 86.3 Å². The molecule has 9 heteroatoms. The molecular formula is C30H36ClN3O4S. The molecule has 0 aliphatic heterocycles. The molecule has 0 spiro atoms. The first-order valence-electron chi connectivity index (χ1n) is 13.5. The fourth-order valence-corrected chi connectivity index (χ4v) is 6.50. The van der Waals surface area contributed by atoms with Crippen molar-refractivity contribution in [1.82, 2.24) is 14.5 Å². The van der Waals surface area contributed by atoms with E-state index in [0.29, 0.717) is 17.0 Å². The Labute approximate surface area is 236 Å². The van der Waals surface area contributed by atoms with Crippen LogP contribution in [0.4, 0.5) is 0 Å². The molecule has 1 atom stereocenters. The highest BCUT2D eigenvalue weighted by atomic mass is 35.5. The Morgan fingerprint density at radius 3 is 2.33 bits per heavy atom. The lowest BCUT2D eigenvalue weighted by molar-refractivity contribution is -0.141. The summed E-state index contributed by atoms with van der Waals surface area (Å²) < 4.78 is 27.9. The summed E-state index contributed by atoms with van der Waals surface area (Å²) in [5.41, 5.74) is 0.691. The summed E-state index contributed by atoms with van der Waals surface area (Å²) in [7, 11) is -2.57. The van der Waals surface area contributed by atoms with Gasteiger partial charge in [0.1, 0.15) is 6.04 Å². The molecule has 0 radical (unpaired) electrons. The number of amides is 2. The van der Waals surface area contributed by atoms with Crippen LogP contribution in [-0.4, -0.2) is 55.1 Å². The average Bonchev–Trinajstić information content (AvgIpc) is 2.94. The van der Waals surface area contributed by atoms with Gasteiger partial charge in [0, 0.05) is 24.7 Å². The third-order valence-electron chi connectivity index (χ3n) is 7.42. The normalized spacial score (nSPS) is 15.3. The Morgan fingerprint density at radius 2 is 1.64 bits per heavy atom. The topological polar surface area (TPSA) is 86.8 Å². The van der Waals surface area contributed by atoms with Crippen LogP contribution in [0.25, 0.3) is 10.8 Å². The van der Waals surface area contributed by atoms with Crippen LogP contribution in [0.5, 0.6) is 0 Å². The van der Waals surface area contributed by atoms with Gasteiger partial charge < -0.3 is 10.2 Å². The summed E-state index contributed by atoms with van der Waals surface area (Å²) in [5.74, 6) is -0.683. The first-order chi connectivity index (χ1) is 18.7. The highest BCUT2D eigenvalue weighted by Crippen LogP contribution is 2.24. The Hall–Kier alpha value is -2.94. The van der Waals surface area contributed by atoms with Gasteiger partial charge >= 0.3 is 0 Å². The number of nitrogens with one attached hydrogen (secondary N) is 1. The van der Waals surface area contributed by atoms with Crippen LogP contribution >= 0.6 is 11.6 Å². The molecule has 0 unspecified atom stereocenters. The summed E-state index contributed by atoms with van der Waals surface area (Å²) in [6.45, 7) is 1.54. The SMILES string of the molecule is CC[C@@H](C(=O)NC1CCCCC1)N(Cc1ccccc1Cl)C(=O)CN(C)S(=O)(=O)c1ccc2ccccc2c1. The molecule has 2 amide bonds. The van der Waals surface area contributed by atoms with E-state index in [4.69, 9.17) is 11.6 Å². The Balaban J connectivity index is 1.58. The van der Waals surface area contributed by atoms with Crippen molar-refractivity contribution in [2.24, 2.45) is 0 Å². The van der Waals surface area contributed by atoms with Crippen LogP contribution in [0.3, 0.4) is 0 Å². The van der Waals surface area contributed by atoms with Crippen LogP contribution in [-0.2, 0) is 26.2 Å². The van der Waals surface area contributed by atoms with Crippen LogP contribution in [0.1, 0.15) is 51.0 Å². The van der Waals surface area contributed by atoms with Gasteiger partial charge in [-0.2, -0.15) is 4.31 Å². The maximum atomic E-state index is 13.8. The number of fused-ring (bicyclic) bond motifs is 1. The summed E-state index contributed by atoms with van der Waals surface area (Å²) >= 11 is 6.42. The molecule has 3 aromatic carbocycles. The average molecular weight is 570 g/mol. The third-order valence-corrected chi connectivity index (χ3v) is 9.59. The minimum Gasteiger partial charge on any atom is -0.352 e. The second kappa shape index (κ2) is 12.9. The summed E-state index contributed by atoms with van der Waals surface area (Å²) in [6, 6.07) is 18.9. The number of nitrogens with zero attached hydrogens (tertiary/aromatic N) is 2. The van der Waals surface area contributed by atoms with Gasteiger partial charge in [0.2, 0.25) is 21.8 Å². The minimum atomic E-state index is -3.96. The number of carbonyl (C=O) groups is 2. The molecule has 7 nitrogen and oxygen atoms in total.